The summed E-state index contributed by atoms with van der Waals surface area (Å²) in [5.74, 6) is 3.27. The highest BCUT2D eigenvalue weighted by Gasteiger charge is 2.26. The number of amides is 1. The first-order valence-electron chi connectivity index (χ1n) is 10.8. The normalized spacial score (nSPS) is 16.8. The van der Waals surface area contributed by atoms with E-state index in [1.807, 2.05) is 48.2 Å². The van der Waals surface area contributed by atoms with Crippen LogP contribution in [0.2, 0.25) is 0 Å². The third-order valence-electron chi connectivity index (χ3n) is 5.39. The van der Waals surface area contributed by atoms with Gasteiger partial charge in [-0.15, -0.1) is 0 Å². The number of nitrogens with one attached hydrogen (secondary N) is 1. The van der Waals surface area contributed by atoms with E-state index < -0.39 is 0 Å². The number of nitrogens with zero attached hydrogens (tertiary/aromatic N) is 3. The number of piperidine rings is 1. The first kappa shape index (κ1) is 21.6. The van der Waals surface area contributed by atoms with Crippen LogP contribution in [-0.4, -0.2) is 46.3 Å². The highest BCUT2D eigenvalue weighted by Crippen LogP contribution is 2.20. The zero-order chi connectivity index (χ0) is 21.3. The monoisotopic (exact) mass is 436 g/mol. The molecule has 7 heteroatoms. The van der Waals surface area contributed by atoms with Gasteiger partial charge in [-0.1, -0.05) is 65.8 Å². The summed E-state index contributed by atoms with van der Waals surface area (Å²) in [5.41, 5.74) is 2.26. The third kappa shape index (κ3) is 6.42. The van der Waals surface area contributed by atoms with Crippen molar-refractivity contribution < 1.29 is 9.32 Å². The van der Waals surface area contributed by atoms with Crippen molar-refractivity contribution in [1.82, 2.24) is 20.4 Å². The Morgan fingerprint density at radius 3 is 2.71 bits per heavy atom. The molecule has 6 nitrogen and oxygen atoms in total. The molecule has 162 valence electrons. The van der Waals surface area contributed by atoms with Gasteiger partial charge in [0.15, 0.2) is 0 Å². The molecule has 3 aromatic rings. The average Bonchev–Trinajstić information content (AvgIpc) is 3.29. The summed E-state index contributed by atoms with van der Waals surface area (Å²) in [7, 11) is 0. The van der Waals surface area contributed by atoms with Crippen molar-refractivity contribution >= 4 is 17.7 Å². The van der Waals surface area contributed by atoms with Gasteiger partial charge in [0.05, 0.1) is 12.5 Å². The molecule has 1 amide bonds. The first-order valence-corrected chi connectivity index (χ1v) is 11.9. The molecule has 0 bridgehead atoms. The second-order valence-electron chi connectivity index (χ2n) is 7.78. The molecule has 1 fully saturated rings. The van der Waals surface area contributed by atoms with Crippen LogP contribution in [0.1, 0.15) is 24.3 Å². The summed E-state index contributed by atoms with van der Waals surface area (Å²) in [6.07, 6.45) is 1.93. The molecule has 1 aliphatic rings. The summed E-state index contributed by atoms with van der Waals surface area (Å²) >= 11 is 1.85. The molecular weight excluding hydrogens is 408 g/mol. The van der Waals surface area contributed by atoms with Gasteiger partial charge in [-0.2, -0.15) is 16.7 Å². The molecule has 4 rings (SSSR count). The largest absolute Gasteiger partial charge is 0.355 e. The van der Waals surface area contributed by atoms with Crippen LogP contribution in [0.15, 0.2) is 65.2 Å². The first-order chi connectivity index (χ1) is 15.3. The lowest BCUT2D eigenvalue weighted by Crippen LogP contribution is -2.43. The highest BCUT2D eigenvalue weighted by atomic mass is 32.2. The van der Waals surface area contributed by atoms with Crippen LogP contribution < -0.4 is 5.32 Å². The number of aromatic nitrogens is 2. The van der Waals surface area contributed by atoms with E-state index in [1.165, 1.54) is 5.56 Å². The fourth-order valence-corrected chi connectivity index (χ4v) is 4.60. The van der Waals surface area contributed by atoms with Crippen LogP contribution in [0.3, 0.4) is 0 Å². The standard InChI is InChI=1S/C24H28N4O2S/c29-24(25-13-15-31-18-19-8-3-1-4-9-19)21-12-7-14-28(16-21)17-22-26-23(27-30-22)20-10-5-2-6-11-20/h1-6,8-11,21H,7,12-18H2,(H,25,29). The molecule has 0 spiro atoms. The van der Waals surface area contributed by atoms with Crippen molar-refractivity contribution in [3.63, 3.8) is 0 Å². The van der Waals surface area contributed by atoms with Gasteiger partial charge in [0.25, 0.3) is 0 Å². The summed E-state index contributed by atoms with van der Waals surface area (Å²) < 4.78 is 5.44. The van der Waals surface area contributed by atoms with Crippen molar-refractivity contribution in [2.24, 2.45) is 5.92 Å². The molecule has 2 heterocycles. The minimum atomic E-state index is 0.0180. The maximum absolute atomic E-state index is 12.6. The van der Waals surface area contributed by atoms with E-state index in [9.17, 15) is 4.79 Å². The van der Waals surface area contributed by atoms with Crippen molar-refractivity contribution in [2.45, 2.75) is 25.1 Å². The lowest BCUT2D eigenvalue weighted by atomic mass is 9.97. The Labute approximate surface area is 187 Å². The zero-order valence-electron chi connectivity index (χ0n) is 17.6. The zero-order valence-corrected chi connectivity index (χ0v) is 18.4. The minimum absolute atomic E-state index is 0.0180. The maximum atomic E-state index is 12.6. The lowest BCUT2D eigenvalue weighted by molar-refractivity contribution is -0.126. The highest BCUT2D eigenvalue weighted by molar-refractivity contribution is 7.98. The number of thioether (sulfide) groups is 1. The fraction of sp³-hybridized carbons (Fsp3) is 0.375. The average molecular weight is 437 g/mol. The summed E-state index contributed by atoms with van der Waals surface area (Å²) in [6, 6.07) is 20.2. The van der Waals surface area contributed by atoms with Gasteiger partial charge in [0.1, 0.15) is 0 Å². The Morgan fingerprint density at radius 2 is 1.90 bits per heavy atom. The number of hydrogen-bond acceptors (Lipinski definition) is 6. The molecule has 1 aromatic heterocycles. The van der Waals surface area contributed by atoms with E-state index in [4.69, 9.17) is 4.52 Å². The number of carbonyl (C=O) groups is 1. The van der Waals surface area contributed by atoms with Crippen molar-refractivity contribution in [3.8, 4) is 11.4 Å². The lowest BCUT2D eigenvalue weighted by Gasteiger charge is -2.30. The predicted octanol–water partition coefficient (Wildman–Crippen LogP) is 4.00. The predicted molar refractivity (Wildman–Crippen MR) is 123 cm³/mol. The molecule has 0 aliphatic carbocycles. The SMILES string of the molecule is O=C(NCCSCc1ccccc1)C1CCCN(Cc2nc(-c3ccccc3)no2)C1. The Hall–Kier alpha value is -2.64. The van der Waals surface area contributed by atoms with Crippen LogP contribution in [0.4, 0.5) is 0 Å². The quantitative estimate of drug-likeness (QED) is 0.511. The molecule has 31 heavy (non-hydrogen) atoms. The van der Waals surface area contributed by atoms with Crippen LogP contribution in [0.25, 0.3) is 11.4 Å². The minimum Gasteiger partial charge on any atom is -0.355 e. The van der Waals surface area contributed by atoms with Crippen molar-refractivity contribution in [1.29, 1.82) is 0 Å². The van der Waals surface area contributed by atoms with Gasteiger partial charge in [0, 0.05) is 30.2 Å². The Kier molecular flexibility index (Phi) is 7.74. The summed E-state index contributed by atoms with van der Waals surface area (Å²) in [4.78, 5) is 19.4. The van der Waals surface area contributed by atoms with Gasteiger partial charge in [-0.25, -0.2) is 0 Å². The molecule has 1 N–H and O–H groups in total. The maximum Gasteiger partial charge on any atom is 0.241 e. The van der Waals surface area contributed by atoms with E-state index in [0.29, 0.717) is 24.8 Å². The van der Waals surface area contributed by atoms with Gasteiger partial charge < -0.3 is 9.84 Å². The number of likely N-dealkylation sites (tertiary alicyclic amines) is 1. The fourth-order valence-electron chi connectivity index (χ4n) is 3.78. The van der Waals surface area contributed by atoms with Crippen LogP contribution in [-0.2, 0) is 17.1 Å². The summed E-state index contributed by atoms with van der Waals surface area (Å²) in [6.45, 7) is 2.96. The Bertz CT molecular complexity index is 948. The van der Waals surface area contributed by atoms with E-state index in [0.717, 1.165) is 43.0 Å². The van der Waals surface area contributed by atoms with E-state index in [2.05, 4.69) is 44.6 Å². The van der Waals surface area contributed by atoms with E-state index in [1.54, 1.807) is 0 Å². The number of carbonyl (C=O) groups excluding carboxylic acids is 1. The smallest absolute Gasteiger partial charge is 0.241 e. The van der Waals surface area contributed by atoms with E-state index in [-0.39, 0.29) is 11.8 Å². The number of benzene rings is 2. The number of hydrogen-bond donors (Lipinski definition) is 1. The molecule has 1 atom stereocenters. The molecular formula is C24H28N4O2S. The van der Waals surface area contributed by atoms with Crippen LogP contribution in [0, 0.1) is 5.92 Å². The molecule has 1 aliphatic heterocycles. The molecule has 0 radical (unpaired) electrons. The molecule has 1 saturated heterocycles. The molecule has 1 unspecified atom stereocenters. The van der Waals surface area contributed by atoms with Gasteiger partial charge >= 0.3 is 0 Å². The Morgan fingerprint density at radius 1 is 1.13 bits per heavy atom. The second-order valence-corrected chi connectivity index (χ2v) is 8.89. The van der Waals surface area contributed by atoms with Crippen LogP contribution >= 0.6 is 11.8 Å². The Balaban J connectivity index is 1.19. The van der Waals surface area contributed by atoms with Crippen LogP contribution in [0.5, 0.6) is 0 Å². The molecule has 2 aromatic carbocycles. The van der Waals surface area contributed by atoms with Crippen molar-refractivity contribution in [2.75, 3.05) is 25.4 Å². The van der Waals surface area contributed by atoms with Gasteiger partial charge in [-0.3, -0.25) is 9.69 Å². The topological polar surface area (TPSA) is 71.3 Å². The third-order valence-corrected chi connectivity index (χ3v) is 6.42. The van der Waals surface area contributed by atoms with Gasteiger partial charge in [0.2, 0.25) is 17.6 Å². The van der Waals surface area contributed by atoms with E-state index >= 15 is 0 Å². The van der Waals surface area contributed by atoms with Gasteiger partial charge in [-0.05, 0) is 24.9 Å². The summed E-state index contributed by atoms with van der Waals surface area (Å²) in [5, 5.41) is 7.20. The van der Waals surface area contributed by atoms with Crippen molar-refractivity contribution in [3.05, 3.63) is 72.1 Å². The second kappa shape index (κ2) is 11.1. The molecule has 0 saturated carbocycles. The number of rotatable bonds is 9.